The lowest BCUT2D eigenvalue weighted by Crippen LogP contribution is -2.21. The Morgan fingerprint density at radius 1 is 1.30 bits per heavy atom. The zero-order chi connectivity index (χ0) is 19.8. The van der Waals surface area contributed by atoms with Gasteiger partial charge in [0.1, 0.15) is 12.2 Å². The summed E-state index contributed by atoms with van der Waals surface area (Å²) in [6, 6.07) is 10.5. The summed E-state index contributed by atoms with van der Waals surface area (Å²) < 4.78 is 25.3. The maximum absolute atomic E-state index is 12.5. The molecule has 0 atom stereocenters. The Bertz CT molecular complexity index is 1170. The van der Waals surface area contributed by atoms with Crippen molar-refractivity contribution in [2.45, 2.75) is 11.7 Å². The van der Waals surface area contributed by atoms with E-state index >= 15 is 0 Å². The Hall–Kier alpha value is -2.98. The number of benzene rings is 2. The molecule has 1 amide bonds. The maximum atomic E-state index is 12.5. The number of fused-ring (bicyclic) bond motifs is 1. The van der Waals surface area contributed by atoms with Gasteiger partial charge in [-0.3, -0.25) is 14.9 Å². The van der Waals surface area contributed by atoms with Crippen LogP contribution >= 0.6 is 11.6 Å². The summed E-state index contributed by atoms with van der Waals surface area (Å²) in [6.07, 6.45) is 0.993. The van der Waals surface area contributed by atoms with Crippen molar-refractivity contribution in [3.05, 3.63) is 57.6 Å². The fraction of sp³-hybridized carbons (Fsp3) is 0.125. The highest BCUT2D eigenvalue weighted by Gasteiger charge is 2.22. The molecule has 0 fully saturated rings. The van der Waals surface area contributed by atoms with Crippen LogP contribution in [-0.4, -0.2) is 35.1 Å². The lowest BCUT2D eigenvalue weighted by Gasteiger charge is -2.09. The molecule has 1 N–H and O–H groups in total. The number of nitrogens with zero attached hydrogens (tertiary/aromatic N) is 3. The van der Waals surface area contributed by atoms with Crippen LogP contribution in [0.4, 0.5) is 11.4 Å². The average Bonchev–Trinajstić information content (AvgIpc) is 2.95. The third-order valence-corrected chi connectivity index (χ3v) is 4.89. The second-order valence-electron chi connectivity index (χ2n) is 5.71. The van der Waals surface area contributed by atoms with Gasteiger partial charge in [0.2, 0.25) is 20.9 Å². The number of rotatable bonds is 5. The highest BCUT2D eigenvalue weighted by atomic mass is 35.5. The fourth-order valence-electron chi connectivity index (χ4n) is 2.58. The van der Waals surface area contributed by atoms with E-state index in [0.717, 1.165) is 12.3 Å². The maximum Gasteiger partial charge on any atom is 0.294 e. The molecule has 2 aromatic carbocycles. The first-order chi connectivity index (χ1) is 12.7. The molecule has 0 radical (unpaired) electrons. The number of nitrogens with one attached hydrogen (secondary N) is 1. The van der Waals surface area contributed by atoms with Crippen LogP contribution in [0.5, 0.6) is 0 Å². The van der Waals surface area contributed by atoms with E-state index in [1.165, 1.54) is 16.7 Å². The van der Waals surface area contributed by atoms with Crippen molar-refractivity contribution >= 4 is 49.8 Å². The molecule has 0 aliphatic carbocycles. The third-order valence-electron chi connectivity index (χ3n) is 3.68. The lowest BCUT2D eigenvalue weighted by atomic mass is 10.2. The molecule has 140 valence electrons. The van der Waals surface area contributed by atoms with Gasteiger partial charge in [0.15, 0.2) is 0 Å². The van der Waals surface area contributed by atoms with Crippen LogP contribution in [0.15, 0.2) is 47.6 Å². The van der Waals surface area contributed by atoms with E-state index in [0.29, 0.717) is 11.0 Å². The normalized spacial score (nSPS) is 11.5. The number of carbonyl (C=O) groups excluding carboxylic acids is 1. The molecule has 1 aromatic heterocycles. The topological polar surface area (TPSA) is 124 Å². The molecule has 0 aliphatic rings. The number of sulfone groups is 1. The molecular weight excluding hydrogens is 396 g/mol. The summed E-state index contributed by atoms with van der Waals surface area (Å²) in [4.78, 5) is 27.0. The van der Waals surface area contributed by atoms with Crippen molar-refractivity contribution in [3.8, 4) is 0 Å². The van der Waals surface area contributed by atoms with Gasteiger partial charge < -0.3 is 9.88 Å². The van der Waals surface area contributed by atoms with E-state index in [-0.39, 0.29) is 28.1 Å². The second-order valence-corrected chi connectivity index (χ2v) is 8.05. The molecule has 27 heavy (non-hydrogen) atoms. The predicted molar refractivity (Wildman–Crippen MR) is 99.6 cm³/mol. The van der Waals surface area contributed by atoms with E-state index in [4.69, 9.17) is 11.6 Å². The number of hydrogen-bond donors (Lipinski definition) is 1. The standard InChI is InChI=1S/C16H13ClN4O5S/c1-27(25,26)16-19-11-4-2-3-5-13(11)20(16)9-15(22)18-12-7-6-10(17)8-14(12)21(23)24/h2-8H,9H2,1H3,(H,18,22). The number of anilines is 1. The summed E-state index contributed by atoms with van der Waals surface area (Å²) in [5.74, 6) is -0.645. The monoisotopic (exact) mass is 408 g/mol. The average molecular weight is 409 g/mol. The first-order valence-electron chi connectivity index (χ1n) is 7.56. The van der Waals surface area contributed by atoms with Gasteiger partial charge in [-0.25, -0.2) is 13.4 Å². The number of aromatic nitrogens is 2. The van der Waals surface area contributed by atoms with Crippen LogP contribution in [0.3, 0.4) is 0 Å². The smallest absolute Gasteiger partial charge is 0.294 e. The van der Waals surface area contributed by atoms with Crippen LogP contribution in [0.1, 0.15) is 0 Å². The van der Waals surface area contributed by atoms with Crippen LogP contribution in [0.2, 0.25) is 5.02 Å². The van der Waals surface area contributed by atoms with Gasteiger partial charge in [-0.15, -0.1) is 0 Å². The first-order valence-corrected chi connectivity index (χ1v) is 9.83. The number of halogens is 1. The minimum Gasteiger partial charge on any atom is -0.319 e. The molecule has 0 saturated heterocycles. The van der Waals surface area contributed by atoms with Gasteiger partial charge >= 0.3 is 0 Å². The van der Waals surface area contributed by atoms with Gasteiger partial charge in [-0.1, -0.05) is 23.7 Å². The predicted octanol–water partition coefficient (Wildman–Crippen LogP) is 2.64. The van der Waals surface area contributed by atoms with E-state index in [1.54, 1.807) is 24.3 Å². The summed E-state index contributed by atoms with van der Waals surface area (Å²) in [5.41, 5.74) is 0.469. The summed E-state index contributed by atoms with van der Waals surface area (Å²) >= 11 is 5.75. The minimum atomic E-state index is -3.69. The highest BCUT2D eigenvalue weighted by Crippen LogP contribution is 2.28. The quantitative estimate of drug-likeness (QED) is 0.511. The van der Waals surface area contributed by atoms with Gasteiger partial charge in [0.05, 0.1) is 16.0 Å². The van der Waals surface area contributed by atoms with Crippen LogP contribution in [0.25, 0.3) is 11.0 Å². The largest absolute Gasteiger partial charge is 0.319 e. The molecule has 0 bridgehead atoms. The molecule has 0 saturated carbocycles. The number of nitro benzene ring substituents is 1. The molecular formula is C16H13ClN4O5S. The Morgan fingerprint density at radius 2 is 2.00 bits per heavy atom. The number of amides is 1. The van der Waals surface area contributed by atoms with Crippen molar-refractivity contribution in [2.24, 2.45) is 0 Å². The van der Waals surface area contributed by atoms with Gasteiger partial charge in [0, 0.05) is 17.3 Å². The Morgan fingerprint density at radius 3 is 2.67 bits per heavy atom. The van der Waals surface area contributed by atoms with E-state index in [1.807, 2.05) is 0 Å². The SMILES string of the molecule is CS(=O)(=O)c1nc2ccccc2n1CC(=O)Nc1ccc(Cl)cc1[N+](=O)[O-]. The van der Waals surface area contributed by atoms with E-state index < -0.39 is 20.7 Å². The highest BCUT2D eigenvalue weighted by molar-refractivity contribution is 7.90. The van der Waals surface area contributed by atoms with Gasteiger partial charge in [0.25, 0.3) is 5.69 Å². The summed E-state index contributed by atoms with van der Waals surface area (Å²) in [6.45, 7) is -0.386. The Balaban J connectivity index is 1.97. The molecule has 1 heterocycles. The summed E-state index contributed by atoms with van der Waals surface area (Å²) in [5, 5.41) is 13.4. The van der Waals surface area contributed by atoms with Crippen molar-refractivity contribution in [1.29, 1.82) is 0 Å². The van der Waals surface area contributed by atoms with Crippen molar-refractivity contribution in [3.63, 3.8) is 0 Å². The van der Waals surface area contributed by atoms with E-state index in [9.17, 15) is 23.3 Å². The summed E-state index contributed by atoms with van der Waals surface area (Å²) in [7, 11) is -3.69. The molecule has 9 nitrogen and oxygen atoms in total. The number of nitro groups is 1. The molecule has 0 spiro atoms. The number of carbonyl (C=O) groups is 1. The molecule has 0 unspecified atom stereocenters. The van der Waals surface area contributed by atoms with Crippen LogP contribution < -0.4 is 5.32 Å². The van der Waals surface area contributed by atoms with Gasteiger partial charge in [-0.05, 0) is 24.3 Å². The molecule has 3 rings (SSSR count). The number of para-hydroxylation sites is 2. The third kappa shape index (κ3) is 3.91. The van der Waals surface area contributed by atoms with Crippen molar-refractivity contribution in [1.82, 2.24) is 9.55 Å². The Labute approximate surface area is 158 Å². The van der Waals surface area contributed by atoms with Crippen molar-refractivity contribution < 1.29 is 18.1 Å². The Kier molecular flexibility index (Phi) is 4.85. The molecule has 11 heteroatoms. The van der Waals surface area contributed by atoms with E-state index in [2.05, 4.69) is 10.3 Å². The van der Waals surface area contributed by atoms with Gasteiger partial charge in [-0.2, -0.15) is 0 Å². The minimum absolute atomic E-state index is 0.0419. The molecule has 0 aliphatic heterocycles. The fourth-order valence-corrected chi connectivity index (χ4v) is 3.58. The first kappa shape index (κ1) is 18.8. The number of imidazole rings is 1. The zero-order valence-electron chi connectivity index (χ0n) is 13.9. The zero-order valence-corrected chi connectivity index (χ0v) is 15.5. The second kappa shape index (κ2) is 6.97. The lowest BCUT2D eigenvalue weighted by molar-refractivity contribution is -0.383. The number of hydrogen-bond acceptors (Lipinski definition) is 6. The molecule has 3 aromatic rings. The van der Waals surface area contributed by atoms with Crippen molar-refractivity contribution in [2.75, 3.05) is 11.6 Å². The van der Waals surface area contributed by atoms with Crippen LogP contribution in [0, 0.1) is 10.1 Å². The van der Waals surface area contributed by atoms with Crippen LogP contribution in [-0.2, 0) is 21.2 Å².